The van der Waals surface area contributed by atoms with Crippen LogP contribution in [-0.4, -0.2) is 41.5 Å². The van der Waals surface area contributed by atoms with Crippen molar-refractivity contribution in [3.8, 4) is 0 Å². The lowest BCUT2D eigenvalue weighted by molar-refractivity contribution is 0.0889. The molecule has 1 aromatic heterocycles. The molecule has 1 unspecified atom stereocenters. The molecule has 23 heavy (non-hydrogen) atoms. The molecule has 1 amide bonds. The minimum atomic E-state index is -0.500. The van der Waals surface area contributed by atoms with E-state index in [9.17, 15) is 9.59 Å². The second kappa shape index (κ2) is 9.64. The lowest BCUT2D eigenvalue weighted by Gasteiger charge is -2.31. The summed E-state index contributed by atoms with van der Waals surface area (Å²) in [4.78, 5) is 24.0. The highest BCUT2D eigenvalue weighted by atomic mass is 35.5. The van der Waals surface area contributed by atoms with Crippen LogP contribution in [0.2, 0.25) is 0 Å². The Morgan fingerprint density at radius 2 is 2.13 bits per heavy atom. The largest absolute Gasteiger partial charge is 0.383 e. The molecule has 0 bridgehead atoms. The molecule has 0 saturated heterocycles. The number of nitrogens with zero attached hydrogens (tertiary/aromatic N) is 2. The van der Waals surface area contributed by atoms with Crippen molar-refractivity contribution in [2.24, 2.45) is 11.7 Å². The van der Waals surface area contributed by atoms with Gasteiger partial charge in [-0.05, 0) is 25.3 Å². The van der Waals surface area contributed by atoms with Gasteiger partial charge in [-0.3, -0.25) is 9.59 Å². The van der Waals surface area contributed by atoms with Crippen LogP contribution in [-0.2, 0) is 11.3 Å². The molecule has 1 heterocycles. The van der Waals surface area contributed by atoms with Crippen molar-refractivity contribution < 1.29 is 9.53 Å². The van der Waals surface area contributed by atoms with Crippen molar-refractivity contribution in [2.75, 3.05) is 20.3 Å². The van der Waals surface area contributed by atoms with Gasteiger partial charge in [0.2, 0.25) is 0 Å². The highest BCUT2D eigenvalue weighted by Gasteiger charge is 2.27. The summed E-state index contributed by atoms with van der Waals surface area (Å²) in [6.45, 7) is 7.04. The zero-order chi connectivity index (χ0) is 16.8. The predicted molar refractivity (Wildman–Crippen MR) is 92.0 cm³/mol. The number of ether oxygens (including phenoxy) is 1. The molecular weight excluding hydrogens is 320 g/mol. The molecule has 0 aliphatic rings. The lowest BCUT2D eigenvalue weighted by Crippen LogP contribution is -2.52. The SMILES string of the molecule is COCCn1nc(C(=O)NC(C)(CN)CC(C)C)ccc1=O.Cl. The molecule has 0 aliphatic carbocycles. The van der Waals surface area contributed by atoms with Crippen molar-refractivity contribution in [3.63, 3.8) is 0 Å². The Morgan fingerprint density at radius 3 is 2.65 bits per heavy atom. The number of nitrogens with two attached hydrogens (primary N) is 1. The first-order valence-electron chi connectivity index (χ1n) is 7.41. The minimum Gasteiger partial charge on any atom is -0.383 e. The fraction of sp³-hybridized carbons (Fsp3) is 0.667. The molecule has 0 saturated carbocycles. The Labute approximate surface area is 143 Å². The fourth-order valence-corrected chi connectivity index (χ4v) is 2.33. The van der Waals surface area contributed by atoms with Gasteiger partial charge in [-0.1, -0.05) is 13.8 Å². The van der Waals surface area contributed by atoms with Gasteiger partial charge in [0.25, 0.3) is 11.5 Å². The zero-order valence-corrected chi connectivity index (χ0v) is 15.0. The summed E-state index contributed by atoms with van der Waals surface area (Å²) >= 11 is 0. The van der Waals surface area contributed by atoms with E-state index in [-0.39, 0.29) is 29.6 Å². The van der Waals surface area contributed by atoms with Crippen LogP contribution >= 0.6 is 12.4 Å². The Balaban J connectivity index is 0.00000484. The van der Waals surface area contributed by atoms with E-state index in [0.29, 0.717) is 25.6 Å². The number of methoxy groups -OCH3 is 1. The third kappa shape index (κ3) is 6.68. The van der Waals surface area contributed by atoms with Gasteiger partial charge < -0.3 is 15.8 Å². The molecule has 132 valence electrons. The fourth-order valence-electron chi connectivity index (χ4n) is 2.33. The van der Waals surface area contributed by atoms with Crippen molar-refractivity contribution in [3.05, 3.63) is 28.2 Å². The third-order valence-electron chi connectivity index (χ3n) is 3.33. The van der Waals surface area contributed by atoms with Crippen LogP contribution in [0, 0.1) is 5.92 Å². The predicted octanol–water partition coefficient (Wildman–Crippen LogP) is 0.805. The molecule has 0 fully saturated rings. The Morgan fingerprint density at radius 1 is 1.48 bits per heavy atom. The van der Waals surface area contributed by atoms with E-state index in [1.165, 1.54) is 16.8 Å². The quantitative estimate of drug-likeness (QED) is 0.725. The van der Waals surface area contributed by atoms with E-state index < -0.39 is 5.54 Å². The van der Waals surface area contributed by atoms with Crippen molar-refractivity contribution in [2.45, 2.75) is 39.3 Å². The van der Waals surface area contributed by atoms with Crippen LogP contribution in [0.4, 0.5) is 0 Å². The first-order valence-corrected chi connectivity index (χ1v) is 7.41. The molecule has 0 radical (unpaired) electrons. The summed E-state index contributed by atoms with van der Waals surface area (Å²) in [7, 11) is 1.54. The van der Waals surface area contributed by atoms with Gasteiger partial charge in [0, 0.05) is 19.7 Å². The van der Waals surface area contributed by atoms with Gasteiger partial charge in [-0.2, -0.15) is 5.10 Å². The second-order valence-corrected chi connectivity index (χ2v) is 6.09. The van der Waals surface area contributed by atoms with E-state index in [1.54, 1.807) is 7.11 Å². The number of rotatable bonds is 8. The molecule has 0 spiro atoms. The topological polar surface area (TPSA) is 99.2 Å². The summed E-state index contributed by atoms with van der Waals surface area (Å²) in [6, 6.07) is 2.76. The molecule has 1 atom stereocenters. The van der Waals surface area contributed by atoms with Gasteiger partial charge in [-0.25, -0.2) is 4.68 Å². The van der Waals surface area contributed by atoms with Crippen LogP contribution in [0.1, 0.15) is 37.7 Å². The molecule has 1 aromatic rings. The average molecular weight is 347 g/mol. The maximum absolute atomic E-state index is 12.4. The smallest absolute Gasteiger partial charge is 0.272 e. The first-order chi connectivity index (χ1) is 10.3. The van der Waals surface area contributed by atoms with Crippen LogP contribution < -0.4 is 16.6 Å². The zero-order valence-electron chi connectivity index (χ0n) is 14.2. The minimum absolute atomic E-state index is 0. The molecule has 3 N–H and O–H groups in total. The van der Waals surface area contributed by atoms with Crippen molar-refractivity contribution >= 4 is 18.3 Å². The van der Waals surface area contributed by atoms with Gasteiger partial charge >= 0.3 is 0 Å². The molecule has 0 aliphatic heterocycles. The lowest BCUT2D eigenvalue weighted by atomic mass is 9.90. The number of carbonyl (C=O) groups is 1. The highest BCUT2D eigenvalue weighted by Crippen LogP contribution is 2.15. The van der Waals surface area contributed by atoms with E-state index >= 15 is 0 Å². The normalized spacial score (nSPS) is 13.3. The number of hydrogen-bond acceptors (Lipinski definition) is 5. The van der Waals surface area contributed by atoms with E-state index in [4.69, 9.17) is 10.5 Å². The van der Waals surface area contributed by atoms with Gasteiger partial charge in [0.1, 0.15) is 5.69 Å². The molecular formula is C15H27ClN4O3. The highest BCUT2D eigenvalue weighted by molar-refractivity contribution is 5.92. The number of carbonyl (C=O) groups excluding carboxylic acids is 1. The van der Waals surface area contributed by atoms with Gasteiger partial charge in [0.15, 0.2) is 0 Å². The number of halogens is 1. The average Bonchev–Trinajstić information content (AvgIpc) is 2.45. The summed E-state index contributed by atoms with van der Waals surface area (Å²) in [5.41, 5.74) is 5.22. The maximum atomic E-state index is 12.4. The summed E-state index contributed by atoms with van der Waals surface area (Å²) < 4.78 is 6.15. The number of aromatic nitrogens is 2. The molecule has 0 aromatic carbocycles. The first kappa shape index (κ1) is 21.6. The van der Waals surface area contributed by atoms with Crippen LogP contribution in [0.25, 0.3) is 0 Å². The second-order valence-electron chi connectivity index (χ2n) is 6.09. The maximum Gasteiger partial charge on any atom is 0.272 e. The molecule has 7 nitrogen and oxygen atoms in total. The van der Waals surface area contributed by atoms with E-state index in [0.717, 1.165) is 6.42 Å². The van der Waals surface area contributed by atoms with Crippen LogP contribution in [0.15, 0.2) is 16.9 Å². The Kier molecular flexibility index (Phi) is 9.04. The van der Waals surface area contributed by atoms with Gasteiger partial charge in [0.05, 0.1) is 18.7 Å². The number of amides is 1. The number of hydrogen-bond donors (Lipinski definition) is 2. The molecule has 8 heteroatoms. The van der Waals surface area contributed by atoms with E-state index in [2.05, 4.69) is 24.3 Å². The number of nitrogens with one attached hydrogen (secondary N) is 1. The third-order valence-corrected chi connectivity index (χ3v) is 3.33. The molecule has 1 rings (SSSR count). The van der Waals surface area contributed by atoms with E-state index in [1.807, 2.05) is 6.92 Å². The Bertz CT molecular complexity index is 562. The van der Waals surface area contributed by atoms with Crippen LogP contribution in [0.5, 0.6) is 0 Å². The van der Waals surface area contributed by atoms with Crippen molar-refractivity contribution in [1.82, 2.24) is 15.1 Å². The monoisotopic (exact) mass is 346 g/mol. The Hall–Kier alpha value is -1.44. The standard InChI is InChI=1S/C15H26N4O3.ClH/c1-11(2)9-15(3,10-16)17-14(21)12-5-6-13(20)19(18-12)7-8-22-4;/h5-6,11H,7-10,16H2,1-4H3,(H,17,21);1H. The summed E-state index contributed by atoms with van der Waals surface area (Å²) in [6.07, 6.45) is 0.762. The van der Waals surface area contributed by atoms with Crippen molar-refractivity contribution in [1.29, 1.82) is 0 Å². The van der Waals surface area contributed by atoms with Crippen LogP contribution in [0.3, 0.4) is 0 Å². The van der Waals surface area contributed by atoms with Gasteiger partial charge in [-0.15, -0.1) is 12.4 Å². The summed E-state index contributed by atoms with van der Waals surface area (Å²) in [5, 5.41) is 7.00. The summed E-state index contributed by atoms with van der Waals surface area (Å²) in [5.74, 6) is 0.0669.